The largest absolute Gasteiger partial charge is 0.394 e. The number of amides is 4. The normalized spacial score (nSPS) is 49.2. The number of hydrogen-bond acceptors (Lipinski definition) is 44. The number of carbonyl (C=O) groups excluding carboxylic acids is 4. The molecule has 9 aliphatic rings. The quantitative estimate of drug-likeness (QED) is 0.0363. The molecule has 0 saturated carbocycles. The maximum absolute atomic E-state index is 13.4. The van der Waals surface area contributed by atoms with E-state index in [1.165, 1.54) is 6.92 Å². The molecule has 48 heteroatoms. The van der Waals surface area contributed by atoms with Crippen molar-refractivity contribution < 1.29 is 217 Å². The highest BCUT2D eigenvalue weighted by molar-refractivity contribution is 5.74. The predicted molar refractivity (Wildman–Crippen MR) is 336 cm³/mol. The fourth-order valence-corrected chi connectivity index (χ4v) is 14.1. The molecule has 44 atom stereocenters. The minimum absolute atomic E-state index is 0.847. The summed E-state index contributed by atoms with van der Waals surface area (Å²) in [7, 11) is 0. The van der Waals surface area contributed by atoms with Gasteiger partial charge in [0.2, 0.25) is 23.6 Å². The minimum atomic E-state index is -2.52. The molecule has 9 saturated heterocycles. The maximum atomic E-state index is 13.4. The average molecular weight is 1600 g/mol. The zero-order chi connectivity index (χ0) is 80.2. The molecule has 630 valence electrons. The molecule has 0 spiro atoms. The van der Waals surface area contributed by atoms with E-state index in [-0.39, 0.29) is 0 Å². The monoisotopic (exact) mass is 1590 g/mol. The maximum Gasteiger partial charge on any atom is 0.217 e. The summed E-state index contributed by atoms with van der Waals surface area (Å²) in [5, 5.41) is 266. The standard InChI is InChI=1S/C61H102N4O44/c1-14-31(77)41(87)45(91)58(95-14)105-48-30(65-18(5)75)53(92)96-25(11-71)47(48)104-56-29(64-17(4)74)40(86)46(24(10-70)101-56)103-61-52(109-57-44(90)32(78)19(76)12-93-57)49(106-60-51(43(89)36(82)23(9-69)100-60)108-55-28(63-16(3)73)39(85)34(80)21(7-67)98-55)37(83)26(102-61)13-94-59-50(42(88)35(81)22(8-68)99-59)107-54-27(62-15(2)72)38(84)33(79)20(6-66)97-54/h14,19-61,66-71,76-92H,6-13H2,1-5H3,(H,62,72)(H,63,73)(H,64,74)(H,65,75)/t14-,19-,20-,21-,22-,23-,24-,25-,26-,27-,28-,29-,30-,31+,32+,33-,34-,35-,36-,37-,38-,39-,40-,41+,42+,43+,44-,45-,46-,47-,48-,49+,50+,51+,52+,53-,54+,55+,56+,57+,58-,59+,60-,61+/m1/s1. The van der Waals surface area contributed by atoms with Crippen molar-refractivity contribution >= 4 is 23.6 Å². The molecule has 0 radical (unpaired) electrons. The van der Waals surface area contributed by atoms with Gasteiger partial charge in [-0.2, -0.15) is 0 Å². The lowest BCUT2D eigenvalue weighted by atomic mass is 9.93. The van der Waals surface area contributed by atoms with Gasteiger partial charge >= 0.3 is 0 Å². The van der Waals surface area contributed by atoms with E-state index < -0.39 is 346 Å². The zero-order valence-electron chi connectivity index (χ0n) is 58.9. The molecule has 0 bridgehead atoms. The molecule has 0 aromatic rings. The van der Waals surface area contributed by atoms with Crippen LogP contribution in [0.25, 0.3) is 0 Å². The third-order valence-electron chi connectivity index (χ3n) is 19.9. The Morgan fingerprint density at radius 1 is 0.294 bits per heavy atom. The fourth-order valence-electron chi connectivity index (χ4n) is 14.1. The molecule has 4 amide bonds. The van der Waals surface area contributed by atoms with Gasteiger partial charge in [0.05, 0.1) is 59.0 Å². The number of aliphatic hydroxyl groups excluding tert-OH is 23. The van der Waals surface area contributed by atoms with Crippen LogP contribution in [0.1, 0.15) is 34.6 Å². The number of carbonyl (C=O) groups is 4. The van der Waals surface area contributed by atoms with Gasteiger partial charge in [0.15, 0.2) is 56.6 Å². The molecule has 9 fully saturated rings. The molecule has 9 rings (SSSR count). The van der Waals surface area contributed by atoms with Gasteiger partial charge in [-0.15, -0.1) is 0 Å². The van der Waals surface area contributed by atoms with Crippen molar-refractivity contribution in [3.8, 4) is 0 Å². The van der Waals surface area contributed by atoms with E-state index in [1.54, 1.807) is 0 Å². The van der Waals surface area contributed by atoms with E-state index in [1.807, 2.05) is 0 Å². The van der Waals surface area contributed by atoms with Gasteiger partial charge in [0.25, 0.3) is 0 Å². The second-order valence-electron chi connectivity index (χ2n) is 27.7. The molecule has 0 aliphatic carbocycles. The van der Waals surface area contributed by atoms with Crippen molar-refractivity contribution in [3.63, 3.8) is 0 Å². The Hall–Kier alpha value is -3.72. The molecule has 109 heavy (non-hydrogen) atoms. The van der Waals surface area contributed by atoms with E-state index in [9.17, 15) is 137 Å². The van der Waals surface area contributed by atoms with Gasteiger partial charge in [0.1, 0.15) is 207 Å². The van der Waals surface area contributed by atoms with Gasteiger partial charge in [-0.1, -0.05) is 0 Å². The van der Waals surface area contributed by atoms with Gasteiger partial charge in [-0.3, -0.25) is 19.2 Å². The Kier molecular flexibility index (Phi) is 31.8. The van der Waals surface area contributed by atoms with Gasteiger partial charge < -0.3 is 219 Å². The second kappa shape index (κ2) is 38.8. The summed E-state index contributed by atoms with van der Waals surface area (Å²) in [5.41, 5.74) is 0. The highest BCUT2D eigenvalue weighted by Crippen LogP contribution is 2.41. The van der Waals surface area contributed by atoms with Crippen LogP contribution in [0.3, 0.4) is 0 Å². The molecule has 48 nitrogen and oxygen atoms in total. The Morgan fingerprint density at radius 2 is 0.651 bits per heavy atom. The first kappa shape index (κ1) is 89.2. The van der Waals surface area contributed by atoms with Crippen LogP contribution in [-0.4, -0.2) is 464 Å². The van der Waals surface area contributed by atoms with Crippen molar-refractivity contribution in [2.45, 2.75) is 305 Å². The first-order valence-electron chi connectivity index (χ1n) is 34.9. The molecular formula is C61H102N4O44. The summed E-state index contributed by atoms with van der Waals surface area (Å²) in [4.78, 5) is 51.2. The van der Waals surface area contributed by atoms with Crippen LogP contribution in [0.15, 0.2) is 0 Å². The number of rotatable bonds is 27. The van der Waals surface area contributed by atoms with Crippen LogP contribution in [0.2, 0.25) is 0 Å². The molecule has 0 unspecified atom stereocenters. The smallest absolute Gasteiger partial charge is 0.217 e. The van der Waals surface area contributed by atoms with Gasteiger partial charge in [-0.05, 0) is 6.92 Å². The van der Waals surface area contributed by atoms with E-state index in [0.717, 1.165) is 27.7 Å². The number of hydrogen-bond donors (Lipinski definition) is 27. The lowest BCUT2D eigenvalue weighted by molar-refractivity contribution is -0.411. The van der Waals surface area contributed by atoms with Crippen molar-refractivity contribution in [2.75, 3.05) is 52.9 Å². The van der Waals surface area contributed by atoms with Crippen molar-refractivity contribution in [2.24, 2.45) is 0 Å². The highest BCUT2D eigenvalue weighted by atomic mass is 16.8. The van der Waals surface area contributed by atoms with Crippen molar-refractivity contribution in [1.82, 2.24) is 21.3 Å². The number of ether oxygens (including phenoxy) is 17. The van der Waals surface area contributed by atoms with Gasteiger partial charge in [0, 0.05) is 27.7 Å². The van der Waals surface area contributed by atoms with E-state index in [0.29, 0.717) is 0 Å². The summed E-state index contributed by atoms with van der Waals surface area (Å²) in [5.74, 6) is -3.60. The van der Waals surface area contributed by atoms with Gasteiger partial charge in [-0.25, -0.2) is 0 Å². The van der Waals surface area contributed by atoms with Crippen LogP contribution in [0.5, 0.6) is 0 Å². The average Bonchev–Trinajstić information content (AvgIpc) is 0.761. The highest BCUT2D eigenvalue weighted by Gasteiger charge is 2.61. The lowest BCUT2D eigenvalue weighted by Crippen LogP contribution is -2.71. The summed E-state index contributed by atoms with van der Waals surface area (Å²) < 4.78 is 103. The van der Waals surface area contributed by atoms with E-state index in [2.05, 4.69) is 21.3 Å². The van der Waals surface area contributed by atoms with Crippen molar-refractivity contribution in [3.05, 3.63) is 0 Å². The first-order chi connectivity index (χ1) is 51.5. The lowest BCUT2D eigenvalue weighted by Gasteiger charge is -2.52. The first-order valence-corrected chi connectivity index (χ1v) is 34.9. The van der Waals surface area contributed by atoms with Crippen LogP contribution in [-0.2, 0) is 99.7 Å². The fraction of sp³-hybridized carbons (Fsp3) is 0.934. The summed E-state index contributed by atoms with van der Waals surface area (Å²) in [6.07, 6.45) is -83.2. The zero-order valence-corrected chi connectivity index (χ0v) is 58.9. The van der Waals surface area contributed by atoms with Crippen molar-refractivity contribution in [1.29, 1.82) is 0 Å². The minimum Gasteiger partial charge on any atom is -0.394 e. The number of nitrogens with one attached hydrogen (secondary N) is 4. The second-order valence-corrected chi connectivity index (χ2v) is 27.7. The van der Waals surface area contributed by atoms with Crippen LogP contribution in [0.4, 0.5) is 0 Å². The predicted octanol–water partition coefficient (Wildman–Crippen LogP) is -18.4. The summed E-state index contributed by atoms with van der Waals surface area (Å²) >= 11 is 0. The molecule has 0 aromatic carbocycles. The Labute approximate surface area is 618 Å². The summed E-state index contributed by atoms with van der Waals surface area (Å²) in [6, 6.07) is -7.40. The summed E-state index contributed by atoms with van der Waals surface area (Å²) in [6.45, 7) is -3.58. The Morgan fingerprint density at radius 3 is 1.14 bits per heavy atom. The number of aliphatic hydroxyl groups is 23. The molecule has 27 N–H and O–H groups in total. The molecule has 9 aliphatic heterocycles. The Balaban J connectivity index is 1.14. The van der Waals surface area contributed by atoms with Crippen LogP contribution >= 0.6 is 0 Å². The topological polar surface area (TPSA) is 739 Å². The Bertz CT molecular complexity index is 2900. The van der Waals surface area contributed by atoms with E-state index in [4.69, 9.17) is 80.5 Å². The third-order valence-corrected chi connectivity index (χ3v) is 19.9. The van der Waals surface area contributed by atoms with E-state index >= 15 is 0 Å². The SMILES string of the molecule is CC(=O)N[C@@H]1[C@@H](O[C@H]2O[C@H](C)[C@H](O)[C@H](O)[C@H]2O)[C@H](O[C@@H]2O[C@H](CO)[C@@H](O[C@@H]3O[C@H](CO[C@H]4O[C@H](CO)[C@@H](O)[C@H](O)[C@@H]4O[C@@H]4O[C@H](CO)[C@@H](O)[C@H](O)[C@H]4NC(C)=O)[C@@H](O)[C@H](O[C@H]4O[C@H](CO)[C@@H](O)[C@H](O)[C@@H]4O[C@@H]4O[C@H](CO)[C@@H](O)[C@H](O)[C@H]4NC(C)=O)[C@@H]3O[C@@H]3OC[C@@H](O)[C@H](O)[C@H]3O)[C@H](O)[C@H]2NC(C)=O)[C@@H](CO)O[C@H]1O. The molecule has 9 heterocycles. The molecular weight excluding hydrogens is 1490 g/mol. The van der Waals surface area contributed by atoms with Crippen LogP contribution < -0.4 is 21.3 Å². The third kappa shape index (κ3) is 19.9. The van der Waals surface area contributed by atoms with Crippen LogP contribution in [0, 0.1) is 0 Å². The molecule has 0 aromatic heterocycles.